The quantitative estimate of drug-likeness (QED) is 0.120. The minimum Gasteiger partial charge on any atom is -0.423 e. The first-order valence-corrected chi connectivity index (χ1v) is 22.7. The highest BCUT2D eigenvalue weighted by Gasteiger charge is 2.36. The highest BCUT2D eigenvalue weighted by molar-refractivity contribution is 9.10. The Hall–Kier alpha value is -8.05. The van der Waals surface area contributed by atoms with Crippen molar-refractivity contribution in [3.8, 4) is 17.2 Å². The van der Waals surface area contributed by atoms with Crippen molar-refractivity contribution in [2.75, 3.05) is 23.9 Å². The molecule has 2 fully saturated rings. The number of halogens is 1. The third-order valence-corrected chi connectivity index (χ3v) is 12.0. The van der Waals surface area contributed by atoms with Gasteiger partial charge in [0.1, 0.15) is 17.7 Å². The lowest BCUT2D eigenvalue weighted by atomic mass is 9.80. The summed E-state index contributed by atoms with van der Waals surface area (Å²) in [5.74, 6) is 0.763. The van der Waals surface area contributed by atoms with Crippen molar-refractivity contribution >= 4 is 74.8 Å². The Morgan fingerprint density at radius 2 is 1.17 bits per heavy atom. The number of carbonyl (C=O) groups excluding carboxylic acids is 4. The maximum absolute atomic E-state index is 13.5. The molecule has 0 atom stereocenters. The number of anilines is 2. The Balaban J connectivity index is 0.000000154. The van der Waals surface area contributed by atoms with E-state index in [1.807, 2.05) is 48.2 Å². The van der Waals surface area contributed by atoms with E-state index in [1.54, 1.807) is 88.4 Å². The first-order valence-electron chi connectivity index (χ1n) is 21.9. The monoisotopic (exact) mass is 985 g/mol. The maximum atomic E-state index is 13.5. The maximum Gasteiger partial charge on any atom is 0.488 e. The number of nitrogens with zero attached hydrogens (tertiary/aromatic N) is 9. The summed E-state index contributed by atoms with van der Waals surface area (Å²) < 4.78 is 4.34. The van der Waals surface area contributed by atoms with Crippen LogP contribution < -0.4 is 25.9 Å². The Morgan fingerprint density at radius 3 is 1.65 bits per heavy atom. The fourth-order valence-electron chi connectivity index (χ4n) is 7.37. The number of rotatable bonds is 10. The van der Waals surface area contributed by atoms with Crippen molar-refractivity contribution in [3.05, 3.63) is 172 Å². The van der Waals surface area contributed by atoms with Crippen LogP contribution in [0, 0.1) is 18.3 Å². The molecule has 2 aliphatic carbocycles. The van der Waals surface area contributed by atoms with Crippen molar-refractivity contribution in [2.45, 2.75) is 44.7 Å². The van der Waals surface area contributed by atoms with Crippen LogP contribution >= 0.6 is 15.9 Å². The first kappa shape index (κ1) is 47.4. The predicted octanol–water partition coefficient (Wildman–Crippen LogP) is 5.77. The zero-order chi connectivity index (χ0) is 48.8. The van der Waals surface area contributed by atoms with Gasteiger partial charge >= 0.3 is 7.12 Å². The van der Waals surface area contributed by atoms with Crippen LogP contribution in [-0.4, -0.2) is 96.2 Å². The molecule has 10 rings (SSSR count). The lowest BCUT2D eigenvalue weighted by molar-refractivity contribution is 0.0955. The van der Waals surface area contributed by atoms with E-state index in [0.29, 0.717) is 39.1 Å². The van der Waals surface area contributed by atoms with Gasteiger partial charge in [0, 0.05) is 78.8 Å². The van der Waals surface area contributed by atoms with Gasteiger partial charge in [-0.3, -0.25) is 29.0 Å². The number of benzene rings is 2. The smallest absolute Gasteiger partial charge is 0.423 e. The molecule has 346 valence electrons. The third-order valence-electron chi connectivity index (χ3n) is 11.4. The number of fused-ring (bicyclic) bond motifs is 2. The molecule has 0 spiro atoms. The molecule has 8 aromatic rings. The summed E-state index contributed by atoms with van der Waals surface area (Å²) in [6, 6.07) is 30.3. The predicted molar refractivity (Wildman–Crippen MR) is 264 cm³/mol. The van der Waals surface area contributed by atoms with E-state index >= 15 is 0 Å². The van der Waals surface area contributed by atoms with Gasteiger partial charge in [-0.25, -0.2) is 19.0 Å². The molecule has 0 radical (unpaired) electrons. The average Bonchev–Trinajstić information content (AvgIpc) is 4.33. The van der Waals surface area contributed by atoms with Gasteiger partial charge in [-0.1, -0.05) is 30.3 Å². The summed E-state index contributed by atoms with van der Waals surface area (Å²) in [4.78, 5) is 61.7. The number of aromatic nitrogens is 6. The number of hydrogen-bond acceptors (Lipinski definition) is 11. The summed E-state index contributed by atoms with van der Waals surface area (Å²) in [7, 11) is 1.65. The molecule has 6 aromatic heterocycles. The summed E-state index contributed by atoms with van der Waals surface area (Å²) >= 11 is 3.46. The van der Waals surface area contributed by atoms with E-state index in [0.717, 1.165) is 63.7 Å². The average molecular weight is 987 g/mol. The normalized spacial score (nSPS) is 12.7. The van der Waals surface area contributed by atoms with Gasteiger partial charge in [-0.05, 0) is 132 Å². The molecule has 19 heteroatoms. The van der Waals surface area contributed by atoms with Crippen molar-refractivity contribution < 1.29 is 29.2 Å². The second kappa shape index (κ2) is 20.9. The van der Waals surface area contributed by atoms with Crippen LogP contribution in [0.25, 0.3) is 22.2 Å². The molecule has 0 bridgehead atoms. The highest BCUT2D eigenvalue weighted by Crippen LogP contribution is 2.34. The standard InChI is InChI=1S/C25H20N6O2.C17H15BrN4O.C8H10BNO3/c1-27-24(32)18-5-3-17(4-6-18)21-15-29-30-11-10-19(12-22(21)30)25(33)31(20-7-8-20)23-9-2-16(13-26)14-28-23;1-11-2-5-16(19-9-11)22(13-3-4-13)17(23)12-6-7-21-15(8-12)14(18)10-20-21;1-10-8(11)6-2-4-7(5-3-6)9(12)13/h2-6,9-12,14-15,20H,7-8H2,1H3,(H,27,32);2,5-10,13H,3-4H2,1H3;2-5,12-13H,1H3,(H,10,11). The Morgan fingerprint density at radius 1 is 0.667 bits per heavy atom. The van der Waals surface area contributed by atoms with E-state index in [4.69, 9.17) is 15.3 Å². The van der Waals surface area contributed by atoms with Crippen molar-refractivity contribution in [1.82, 2.24) is 39.8 Å². The van der Waals surface area contributed by atoms with Gasteiger partial charge in [-0.15, -0.1) is 0 Å². The van der Waals surface area contributed by atoms with Crippen LogP contribution in [0.3, 0.4) is 0 Å². The molecule has 17 nitrogen and oxygen atoms in total. The summed E-state index contributed by atoms with van der Waals surface area (Å²) in [6.07, 6.45) is 14.2. The highest BCUT2D eigenvalue weighted by atomic mass is 79.9. The van der Waals surface area contributed by atoms with Crippen LogP contribution in [0.4, 0.5) is 11.6 Å². The Bertz CT molecular complexity index is 3200. The van der Waals surface area contributed by atoms with Gasteiger partial charge < -0.3 is 20.7 Å². The minimum absolute atomic E-state index is 0.0144. The fraction of sp³-hybridized carbons (Fsp3) is 0.180. The van der Waals surface area contributed by atoms with E-state index in [1.165, 1.54) is 37.5 Å². The van der Waals surface area contributed by atoms with Gasteiger partial charge in [-0.2, -0.15) is 15.5 Å². The van der Waals surface area contributed by atoms with E-state index < -0.39 is 7.12 Å². The molecule has 2 saturated carbocycles. The lowest BCUT2D eigenvalue weighted by Crippen LogP contribution is -2.33. The lowest BCUT2D eigenvalue weighted by Gasteiger charge is -2.21. The van der Waals surface area contributed by atoms with E-state index in [9.17, 15) is 19.2 Å². The van der Waals surface area contributed by atoms with Crippen LogP contribution in [0.1, 0.15) is 78.2 Å². The van der Waals surface area contributed by atoms with Crippen LogP contribution in [0.5, 0.6) is 0 Å². The molecular formula is C50H45BBrN11O6. The summed E-state index contributed by atoms with van der Waals surface area (Å²) in [5, 5.41) is 40.3. The molecule has 4 amide bonds. The number of hydrogen-bond donors (Lipinski definition) is 4. The topological polar surface area (TPSA) is 223 Å². The first-order chi connectivity index (χ1) is 33.4. The molecule has 0 saturated heterocycles. The molecule has 6 heterocycles. The molecule has 4 N–H and O–H groups in total. The van der Waals surface area contributed by atoms with Gasteiger partial charge in [0.15, 0.2) is 0 Å². The molecule has 2 aliphatic rings. The fourth-order valence-corrected chi connectivity index (χ4v) is 7.76. The second-order valence-electron chi connectivity index (χ2n) is 16.3. The van der Waals surface area contributed by atoms with Crippen LogP contribution in [-0.2, 0) is 0 Å². The van der Waals surface area contributed by atoms with E-state index in [2.05, 4.69) is 52.8 Å². The number of nitriles is 1. The molecule has 0 unspecified atom stereocenters. The van der Waals surface area contributed by atoms with Crippen molar-refractivity contribution in [2.24, 2.45) is 0 Å². The Labute approximate surface area is 405 Å². The van der Waals surface area contributed by atoms with Gasteiger partial charge in [0.25, 0.3) is 23.6 Å². The number of pyridine rings is 4. The van der Waals surface area contributed by atoms with E-state index in [-0.39, 0.29) is 35.7 Å². The zero-order valence-corrected chi connectivity index (χ0v) is 39.3. The number of amides is 4. The van der Waals surface area contributed by atoms with Gasteiger partial charge in [0.2, 0.25) is 0 Å². The number of aryl methyl sites for hydroxylation is 1. The van der Waals surface area contributed by atoms with Crippen LogP contribution in [0.15, 0.2) is 139 Å². The third kappa shape index (κ3) is 10.9. The molecule has 0 aliphatic heterocycles. The molecule has 2 aromatic carbocycles. The Kier molecular flexibility index (Phi) is 14.3. The second-order valence-corrected chi connectivity index (χ2v) is 17.2. The summed E-state index contributed by atoms with van der Waals surface area (Å²) in [5.41, 5.74) is 7.58. The minimum atomic E-state index is -1.49. The largest absolute Gasteiger partial charge is 0.488 e. The van der Waals surface area contributed by atoms with Crippen molar-refractivity contribution in [3.63, 3.8) is 0 Å². The molecule has 69 heavy (non-hydrogen) atoms. The zero-order valence-electron chi connectivity index (χ0n) is 37.7. The number of carbonyl (C=O) groups is 4. The van der Waals surface area contributed by atoms with Crippen molar-refractivity contribution in [1.29, 1.82) is 5.26 Å². The van der Waals surface area contributed by atoms with Gasteiger partial charge in [0.05, 0.1) is 33.5 Å². The summed E-state index contributed by atoms with van der Waals surface area (Å²) in [6.45, 7) is 1.99. The number of nitrogens with one attached hydrogen (secondary N) is 2. The molecular weight excluding hydrogens is 941 g/mol. The van der Waals surface area contributed by atoms with Crippen LogP contribution in [0.2, 0.25) is 0 Å². The SMILES string of the molecule is CNC(=O)c1ccc(-c2cnn3ccc(C(=O)N(c4ccc(C#N)cn4)C4CC4)cc23)cc1.CNC(=O)c1ccc(B(O)O)cc1.Cc1ccc(N(C(=O)c2ccn3ncc(Br)c3c2)C2CC2)nc1.